The Morgan fingerprint density at radius 1 is 1.24 bits per heavy atom. The van der Waals surface area contributed by atoms with E-state index in [4.69, 9.17) is 4.74 Å². The lowest BCUT2D eigenvalue weighted by Gasteiger charge is -2.19. The number of hydrogen-bond acceptors (Lipinski definition) is 3. The van der Waals surface area contributed by atoms with Gasteiger partial charge < -0.3 is 10.1 Å². The molecule has 0 atom stereocenters. The lowest BCUT2D eigenvalue weighted by Crippen LogP contribution is -2.28. The van der Waals surface area contributed by atoms with Crippen LogP contribution in [-0.4, -0.2) is 24.1 Å². The minimum absolute atomic E-state index is 0.0311. The largest absolute Gasteiger partial charge is 0.436 e. The van der Waals surface area contributed by atoms with Crippen LogP contribution in [0.5, 0.6) is 11.6 Å². The highest BCUT2D eigenvalue weighted by Crippen LogP contribution is 2.58. The van der Waals surface area contributed by atoms with E-state index in [1.165, 1.54) is 31.3 Å². The zero-order chi connectivity index (χ0) is 18.2. The molecule has 0 aliphatic heterocycles. The first-order chi connectivity index (χ1) is 11.8. The number of carbonyl (C=O) groups is 1. The fraction of sp³-hybridized carbons (Fsp3) is 0.294. The molecule has 132 valence electrons. The summed E-state index contributed by atoms with van der Waals surface area (Å²) in [5.41, 5.74) is -1.58. The first-order valence-corrected chi connectivity index (χ1v) is 7.49. The van der Waals surface area contributed by atoms with Gasteiger partial charge in [0, 0.05) is 13.2 Å². The van der Waals surface area contributed by atoms with Gasteiger partial charge in [0.05, 0.1) is 11.0 Å². The van der Waals surface area contributed by atoms with Crippen molar-refractivity contribution in [2.24, 2.45) is 0 Å². The second-order valence-electron chi connectivity index (χ2n) is 5.80. The molecular weight excluding hydrogens is 340 g/mol. The number of ether oxygens (including phenoxy) is 1. The Bertz CT molecular complexity index is 799. The van der Waals surface area contributed by atoms with Crippen LogP contribution in [0.3, 0.4) is 0 Å². The molecular formula is C17H14F4N2O2. The van der Waals surface area contributed by atoms with Crippen LogP contribution in [0.15, 0.2) is 36.5 Å². The summed E-state index contributed by atoms with van der Waals surface area (Å²) in [7, 11) is 1.40. The maximum Gasteiger partial charge on any atom is 0.398 e. The molecule has 1 N–H and O–H groups in total. The number of alkyl halides is 3. The molecule has 0 saturated heterocycles. The number of halogens is 4. The number of carbonyl (C=O) groups excluding carboxylic acids is 1. The summed E-state index contributed by atoms with van der Waals surface area (Å²) in [6, 6.07) is 6.31. The maximum absolute atomic E-state index is 14.0. The average Bonchev–Trinajstić information content (AvgIpc) is 3.38. The molecule has 1 aliphatic rings. The van der Waals surface area contributed by atoms with E-state index in [0.29, 0.717) is 0 Å². The lowest BCUT2D eigenvalue weighted by atomic mass is 9.95. The number of hydrogen-bond donors (Lipinski definition) is 1. The predicted octanol–water partition coefficient (Wildman–Crippen LogP) is 3.97. The van der Waals surface area contributed by atoms with Gasteiger partial charge in [-0.2, -0.15) is 13.2 Å². The van der Waals surface area contributed by atoms with Gasteiger partial charge in [0.1, 0.15) is 5.75 Å². The summed E-state index contributed by atoms with van der Waals surface area (Å²) in [6.07, 6.45) is -3.02. The third kappa shape index (κ3) is 3.16. The molecule has 0 unspecified atom stereocenters. The van der Waals surface area contributed by atoms with E-state index in [1.807, 2.05) is 0 Å². The van der Waals surface area contributed by atoms with Crippen molar-refractivity contribution in [1.29, 1.82) is 0 Å². The second kappa shape index (κ2) is 6.02. The molecule has 1 aliphatic carbocycles. The Hall–Kier alpha value is -2.64. The van der Waals surface area contributed by atoms with E-state index in [0.717, 1.165) is 12.3 Å². The maximum atomic E-state index is 14.0. The third-order valence-electron chi connectivity index (χ3n) is 4.21. The fourth-order valence-electron chi connectivity index (χ4n) is 2.58. The Labute approximate surface area is 140 Å². The van der Waals surface area contributed by atoms with E-state index in [-0.39, 0.29) is 35.6 Å². The minimum atomic E-state index is -4.29. The summed E-state index contributed by atoms with van der Waals surface area (Å²) >= 11 is 0. The summed E-state index contributed by atoms with van der Waals surface area (Å²) in [5.74, 6) is -1.55. The van der Waals surface area contributed by atoms with Gasteiger partial charge in [-0.25, -0.2) is 9.37 Å². The minimum Gasteiger partial charge on any atom is -0.436 e. The summed E-state index contributed by atoms with van der Waals surface area (Å²) in [6.45, 7) is 0. The van der Waals surface area contributed by atoms with Crippen LogP contribution in [0.4, 0.5) is 17.6 Å². The fourth-order valence-corrected chi connectivity index (χ4v) is 2.58. The zero-order valence-electron chi connectivity index (χ0n) is 13.2. The van der Waals surface area contributed by atoms with Gasteiger partial charge in [0.2, 0.25) is 0 Å². The van der Waals surface area contributed by atoms with E-state index < -0.39 is 23.3 Å². The normalized spacial score (nSPS) is 15.6. The Kier molecular flexibility index (Phi) is 4.14. The molecule has 25 heavy (non-hydrogen) atoms. The zero-order valence-corrected chi connectivity index (χ0v) is 13.2. The van der Waals surface area contributed by atoms with Crippen LogP contribution in [-0.2, 0) is 5.41 Å². The van der Waals surface area contributed by atoms with Crippen LogP contribution in [0, 0.1) is 5.82 Å². The SMILES string of the molecule is CNC(=O)c1cnc(Oc2ccc(C3(C(F)(F)F)CC3)cc2)c(F)c1. The Morgan fingerprint density at radius 3 is 2.36 bits per heavy atom. The first-order valence-electron chi connectivity index (χ1n) is 7.49. The van der Waals surface area contributed by atoms with Crippen molar-refractivity contribution < 1.29 is 27.1 Å². The highest BCUT2D eigenvalue weighted by Gasteiger charge is 2.64. The smallest absolute Gasteiger partial charge is 0.398 e. The van der Waals surface area contributed by atoms with E-state index in [2.05, 4.69) is 10.3 Å². The molecule has 4 nitrogen and oxygen atoms in total. The van der Waals surface area contributed by atoms with Crippen LogP contribution >= 0.6 is 0 Å². The number of rotatable bonds is 4. The summed E-state index contributed by atoms with van der Waals surface area (Å²) in [4.78, 5) is 15.1. The standard InChI is InChI=1S/C17H14F4N2O2/c1-22-14(24)10-8-13(18)15(23-9-10)25-12-4-2-11(3-5-12)16(6-7-16)17(19,20)21/h2-5,8-9H,6-7H2,1H3,(H,22,24). The van der Waals surface area contributed by atoms with Gasteiger partial charge in [0.15, 0.2) is 5.82 Å². The molecule has 0 spiro atoms. The Balaban J connectivity index is 1.78. The van der Waals surface area contributed by atoms with E-state index >= 15 is 0 Å². The van der Waals surface area contributed by atoms with Crippen molar-refractivity contribution in [2.75, 3.05) is 7.05 Å². The molecule has 1 aromatic carbocycles. The number of nitrogens with zero attached hydrogens (tertiary/aromatic N) is 1. The third-order valence-corrected chi connectivity index (χ3v) is 4.21. The monoisotopic (exact) mass is 354 g/mol. The molecule has 1 amide bonds. The number of amides is 1. The molecule has 2 aromatic rings. The first kappa shape index (κ1) is 17.2. The van der Waals surface area contributed by atoms with Gasteiger partial charge in [-0.05, 0) is 36.6 Å². The van der Waals surface area contributed by atoms with Crippen molar-refractivity contribution in [1.82, 2.24) is 10.3 Å². The Morgan fingerprint density at radius 2 is 1.88 bits per heavy atom. The van der Waals surface area contributed by atoms with E-state index in [9.17, 15) is 22.4 Å². The van der Waals surface area contributed by atoms with Crippen LogP contribution < -0.4 is 10.1 Å². The molecule has 8 heteroatoms. The molecule has 0 bridgehead atoms. The number of aromatic nitrogens is 1. The highest BCUT2D eigenvalue weighted by atomic mass is 19.4. The number of pyridine rings is 1. The topological polar surface area (TPSA) is 51.2 Å². The van der Waals surface area contributed by atoms with Crippen LogP contribution in [0.25, 0.3) is 0 Å². The average molecular weight is 354 g/mol. The molecule has 1 saturated carbocycles. The molecule has 3 rings (SSSR count). The van der Waals surface area contributed by atoms with Gasteiger partial charge in [-0.15, -0.1) is 0 Å². The second-order valence-corrected chi connectivity index (χ2v) is 5.80. The molecule has 1 heterocycles. The van der Waals surface area contributed by atoms with E-state index in [1.54, 1.807) is 0 Å². The van der Waals surface area contributed by atoms with Crippen molar-refractivity contribution in [3.63, 3.8) is 0 Å². The van der Waals surface area contributed by atoms with Crippen molar-refractivity contribution in [2.45, 2.75) is 24.4 Å². The quantitative estimate of drug-likeness (QED) is 0.846. The van der Waals surface area contributed by atoms with Crippen LogP contribution in [0.2, 0.25) is 0 Å². The molecule has 0 radical (unpaired) electrons. The van der Waals surface area contributed by atoms with Crippen LogP contribution in [0.1, 0.15) is 28.8 Å². The van der Waals surface area contributed by atoms with Gasteiger partial charge in [0.25, 0.3) is 11.8 Å². The molecule has 1 fully saturated rings. The molecule has 1 aromatic heterocycles. The van der Waals surface area contributed by atoms with Gasteiger partial charge >= 0.3 is 6.18 Å². The van der Waals surface area contributed by atoms with Crippen molar-refractivity contribution >= 4 is 5.91 Å². The lowest BCUT2D eigenvalue weighted by molar-refractivity contribution is -0.160. The van der Waals surface area contributed by atoms with Crippen molar-refractivity contribution in [3.8, 4) is 11.6 Å². The highest BCUT2D eigenvalue weighted by molar-refractivity contribution is 5.93. The predicted molar refractivity (Wildman–Crippen MR) is 81.1 cm³/mol. The van der Waals surface area contributed by atoms with Gasteiger partial charge in [-0.3, -0.25) is 4.79 Å². The number of benzene rings is 1. The number of nitrogens with one attached hydrogen (secondary N) is 1. The summed E-state index contributed by atoms with van der Waals surface area (Å²) in [5, 5.41) is 2.34. The van der Waals surface area contributed by atoms with Crippen molar-refractivity contribution in [3.05, 3.63) is 53.5 Å². The summed E-state index contributed by atoms with van der Waals surface area (Å²) < 4.78 is 58.5. The van der Waals surface area contributed by atoms with Gasteiger partial charge in [-0.1, -0.05) is 12.1 Å².